The second-order valence-electron chi connectivity index (χ2n) is 3.35. The highest BCUT2D eigenvalue weighted by molar-refractivity contribution is 5.89. The zero-order valence-corrected chi connectivity index (χ0v) is 9.62. The Morgan fingerprint density at radius 1 is 1.24 bits per heavy atom. The van der Waals surface area contributed by atoms with Crippen molar-refractivity contribution < 1.29 is 9.59 Å². The van der Waals surface area contributed by atoms with Gasteiger partial charge in [-0.25, -0.2) is 4.79 Å². The van der Waals surface area contributed by atoms with Crippen molar-refractivity contribution in [1.29, 1.82) is 0 Å². The largest absolute Gasteiger partial charge is 0.338 e. The summed E-state index contributed by atoms with van der Waals surface area (Å²) < 4.78 is 0. The van der Waals surface area contributed by atoms with Crippen LogP contribution in [-0.4, -0.2) is 19.0 Å². The second-order valence-corrected chi connectivity index (χ2v) is 3.35. The van der Waals surface area contributed by atoms with E-state index in [1.807, 2.05) is 6.92 Å². The van der Waals surface area contributed by atoms with Crippen LogP contribution in [0, 0.1) is 0 Å². The number of hydrogen-bond acceptors (Lipinski definition) is 3. The highest BCUT2D eigenvalue weighted by Crippen LogP contribution is 2.12. The Morgan fingerprint density at radius 3 is 2.47 bits per heavy atom. The standard InChI is InChI=1S/C11H16N4O2/c1-2-7-12-11(17)14-9-3-5-10(6-4-9)15-13-8-16/h3-6,8,15H,2,7H2,1H3,(H,13,16)(H2,12,14,17). The lowest BCUT2D eigenvalue weighted by molar-refractivity contribution is -0.109. The van der Waals surface area contributed by atoms with Crippen LogP contribution in [-0.2, 0) is 4.79 Å². The molecule has 1 aromatic carbocycles. The minimum absolute atomic E-state index is 0.224. The van der Waals surface area contributed by atoms with Crippen molar-refractivity contribution in [2.24, 2.45) is 0 Å². The van der Waals surface area contributed by atoms with Crippen molar-refractivity contribution in [3.8, 4) is 0 Å². The van der Waals surface area contributed by atoms with Crippen LogP contribution in [0.2, 0.25) is 0 Å². The number of urea groups is 1. The second kappa shape index (κ2) is 7.10. The van der Waals surface area contributed by atoms with Crippen molar-refractivity contribution in [2.45, 2.75) is 13.3 Å². The average Bonchev–Trinajstić information content (AvgIpc) is 2.35. The molecule has 0 spiro atoms. The van der Waals surface area contributed by atoms with E-state index in [0.717, 1.165) is 12.1 Å². The Bertz CT molecular complexity index is 364. The van der Waals surface area contributed by atoms with Crippen molar-refractivity contribution in [1.82, 2.24) is 10.7 Å². The first-order chi connectivity index (χ1) is 8.26. The fraction of sp³-hybridized carbons (Fsp3) is 0.273. The number of benzene rings is 1. The summed E-state index contributed by atoms with van der Waals surface area (Å²) in [6.07, 6.45) is 1.44. The predicted octanol–water partition coefficient (Wildman–Crippen LogP) is 1.29. The minimum atomic E-state index is -0.224. The van der Waals surface area contributed by atoms with Crippen LogP contribution in [0.25, 0.3) is 0 Å². The van der Waals surface area contributed by atoms with E-state index in [1.165, 1.54) is 0 Å². The van der Waals surface area contributed by atoms with Gasteiger partial charge >= 0.3 is 6.03 Å². The van der Waals surface area contributed by atoms with Crippen molar-refractivity contribution in [3.63, 3.8) is 0 Å². The van der Waals surface area contributed by atoms with Gasteiger partial charge in [-0.15, -0.1) is 0 Å². The summed E-state index contributed by atoms with van der Waals surface area (Å²) in [5, 5.41) is 5.40. The first kappa shape index (κ1) is 12.8. The Kier molecular flexibility index (Phi) is 5.36. The molecule has 0 atom stereocenters. The fourth-order valence-electron chi connectivity index (χ4n) is 1.16. The summed E-state index contributed by atoms with van der Waals surface area (Å²) in [7, 11) is 0. The van der Waals surface area contributed by atoms with Crippen molar-refractivity contribution in [3.05, 3.63) is 24.3 Å². The SMILES string of the molecule is CCCNC(=O)Nc1ccc(NNC=O)cc1. The first-order valence-corrected chi connectivity index (χ1v) is 5.36. The zero-order chi connectivity index (χ0) is 12.5. The van der Waals surface area contributed by atoms with Crippen LogP contribution in [0.3, 0.4) is 0 Å². The third-order valence-corrected chi connectivity index (χ3v) is 1.95. The topological polar surface area (TPSA) is 82.3 Å². The van der Waals surface area contributed by atoms with E-state index in [1.54, 1.807) is 24.3 Å². The number of carbonyl (C=O) groups excluding carboxylic acids is 2. The van der Waals surface area contributed by atoms with Gasteiger partial charge in [0.1, 0.15) is 0 Å². The highest BCUT2D eigenvalue weighted by atomic mass is 16.2. The molecule has 0 bridgehead atoms. The number of rotatable bonds is 6. The fourth-order valence-corrected chi connectivity index (χ4v) is 1.16. The maximum absolute atomic E-state index is 11.3. The molecule has 0 radical (unpaired) electrons. The van der Waals surface area contributed by atoms with Gasteiger partial charge in [-0.1, -0.05) is 6.92 Å². The van der Waals surface area contributed by atoms with Crippen LogP contribution in [0.4, 0.5) is 16.2 Å². The van der Waals surface area contributed by atoms with Gasteiger partial charge in [-0.05, 0) is 30.7 Å². The molecule has 0 aromatic heterocycles. The molecule has 0 unspecified atom stereocenters. The van der Waals surface area contributed by atoms with Gasteiger partial charge < -0.3 is 10.6 Å². The molecule has 0 aliphatic heterocycles. The molecule has 6 nitrogen and oxygen atoms in total. The number of hydrazine groups is 1. The molecule has 0 aliphatic carbocycles. The van der Waals surface area contributed by atoms with E-state index < -0.39 is 0 Å². The van der Waals surface area contributed by atoms with Crippen LogP contribution >= 0.6 is 0 Å². The van der Waals surface area contributed by atoms with E-state index in [4.69, 9.17) is 0 Å². The first-order valence-electron chi connectivity index (χ1n) is 5.36. The van der Waals surface area contributed by atoms with Crippen LogP contribution in [0.1, 0.15) is 13.3 Å². The molecule has 0 aliphatic rings. The molecule has 3 amide bonds. The number of anilines is 2. The summed E-state index contributed by atoms with van der Waals surface area (Å²) in [5.41, 5.74) is 6.41. The molecule has 17 heavy (non-hydrogen) atoms. The van der Waals surface area contributed by atoms with Crippen LogP contribution in [0.5, 0.6) is 0 Å². The summed E-state index contributed by atoms with van der Waals surface area (Å²) >= 11 is 0. The zero-order valence-electron chi connectivity index (χ0n) is 9.62. The minimum Gasteiger partial charge on any atom is -0.338 e. The normalized spacial score (nSPS) is 9.24. The number of carbonyl (C=O) groups is 2. The van der Waals surface area contributed by atoms with Crippen molar-refractivity contribution in [2.75, 3.05) is 17.3 Å². The molecule has 1 aromatic rings. The monoisotopic (exact) mass is 236 g/mol. The van der Waals surface area contributed by atoms with E-state index in [2.05, 4.69) is 21.5 Å². The lowest BCUT2D eigenvalue weighted by Gasteiger charge is -2.08. The summed E-state index contributed by atoms with van der Waals surface area (Å²) in [6.45, 7) is 2.63. The smallest absolute Gasteiger partial charge is 0.319 e. The maximum Gasteiger partial charge on any atom is 0.319 e. The number of nitrogens with one attached hydrogen (secondary N) is 4. The van der Waals surface area contributed by atoms with Crippen LogP contribution < -0.4 is 21.5 Å². The van der Waals surface area contributed by atoms with E-state index in [-0.39, 0.29) is 6.03 Å². The third kappa shape index (κ3) is 4.87. The Morgan fingerprint density at radius 2 is 1.88 bits per heavy atom. The average molecular weight is 236 g/mol. The number of amides is 3. The highest BCUT2D eigenvalue weighted by Gasteiger charge is 1.99. The summed E-state index contributed by atoms with van der Waals surface area (Å²) in [5.74, 6) is 0. The molecule has 0 heterocycles. The van der Waals surface area contributed by atoms with E-state index in [9.17, 15) is 9.59 Å². The van der Waals surface area contributed by atoms with Gasteiger partial charge in [0.05, 0.1) is 5.69 Å². The molecule has 0 saturated carbocycles. The quantitative estimate of drug-likeness (QED) is 0.443. The summed E-state index contributed by atoms with van der Waals surface area (Å²) in [6, 6.07) is 6.73. The predicted molar refractivity (Wildman–Crippen MR) is 66.6 cm³/mol. The molecular weight excluding hydrogens is 220 g/mol. The Balaban J connectivity index is 2.44. The van der Waals surface area contributed by atoms with Gasteiger partial charge in [0, 0.05) is 12.2 Å². The molecule has 4 N–H and O–H groups in total. The molecular formula is C11H16N4O2. The molecule has 92 valence electrons. The van der Waals surface area contributed by atoms with Gasteiger partial charge in [0.2, 0.25) is 6.41 Å². The van der Waals surface area contributed by atoms with Gasteiger partial charge in [-0.3, -0.25) is 15.6 Å². The van der Waals surface area contributed by atoms with Crippen LogP contribution in [0.15, 0.2) is 24.3 Å². The lowest BCUT2D eigenvalue weighted by atomic mass is 10.3. The maximum atomic E-state index is 11.3. The Hall–Kier alpha value is -2.24. The van der Waals surface area contributed by atoms with E-state index >= 15 is 0 Å². The molecule has 1 rings (SSSR count). The molecule has 0 fully saturated rings. The lowest BCUT2D eigenvalue weighted by Crippen LogP contribution is -2.29. The van der Waals surface area contributed by atoms with Gasteiger partial charge in [0.15, 0.2) is 0 Å². The van der Waals surface area contributed by atoms with Gasteiger partial charge in [-0.2, -0.15) is 0 Å². The summed E-state index contributed by atoms with van der Waals surface area (Å²) in [4.78, 5) is 21.4. The van der Waals surface area contributed by atoms with Gasteiger partial charge in [0.25, 0.3) is 0 Å². The molecule has 0 saturated heterocycles. The third-order valence-electron chi connectivity index (χ3n) is 1.95. The number of hydrogen-bond donors (Lipinski definition) is 4. The Labute approximate surface area is 99.7 Å². The molecule has 6 heteroatoms. The van der Waals surface area contributed by atoms with E-state index in [0.29, 0.717) is 18.6 Å². The van der Waals surface area contributed by atoms with Crippen molar-refractivity contribution >= 4 is 23.8 Å².